The van der Waals surface area contributed by atoms with Gasteiger partial charge in [-0.1, -0.05) is 25.1 Å². The van der Waals surface area contributed by atoms with E-state index >= 15 is 0 Å². The Labute approximate surface area is 129 Å². The van der Waals surface area contributed by atoms with Crippen molar-refractivity contribution in [3.05, 3.63) is 29.7 Å². The number of benzene rings is 1. The van der Waals surface area contributed by atoms with Gasteiger partial charge in [0, 0.05) is 5.56 Å². The molecule has 2 heterocycles. The highest BCUT2D eigenvalue weighted by molar-refractivity contribution is 5.98. The summed E-state index contributed by atoms with van der Waals surface area (Å²) in [6, 6.07) is 5.74. The van der Waals surface area contributed by atoms with E-state index in [1.54, 1.807) is 0 Å². The van der Waals surface area contributed by atoms with Gasteiger partial charge in [0.25, 0.3) is 5.91 Å². The Hall–Kier alpha value is -2.30. The van der Waals surface area contributed by atoms with E-state index in [-0.39, 0.29) is 5.91 Å². The lowest BCUT2D eigenvalue weighted by atomic mass is 10.0. The number of nitrogens with zero attached hydrogens (tertiary/aromatic N) is 1. The van der Waals surface area contributed by atoms with Crippen molar-refractivity contribution in [3.63, 3.8) is 0 Å². The standard InChI is InChI=1S/C17H20N2O3/c1-9(2)7-15-17(20)18-13-6-5-12(8-14(13)21-15)16-10(3)19-22-11(16)4/h5-6,8-9,15H,7H2,1-4H3,(H,18,20). The largest absolute Gasteiger partial charge is 0.478 e. The van der Waals surface area contributed by atoms with Gasteiger partial charge in [-0.3, -0.25) is 4.79 Å². The molecule has 0 saturated heterocycles. The number of aromatic nitrogens is 1. The van der Waals surface area contributed by atoms with Crippen LogP contribution in [0, 0.1) is 19.8 Å². The molecule has 0 radical (unpaired) electrons. The van der Waals surface area contributed by atoms with E-state index in [9.17, 15) is 4.79 Å². The Morgan fingerprint density at radius 1 is 1.32 bits per heavy atom. The number of amides is 1. The molecule has 1 atom stereocenters. The molecular weight excluding hydrogens is 280 g/mol. The number of hydrogen-bond acceptors (Lipinski definition) is 4. The molecule has 1 aromatic heterocycles. The zero-order valence-corrected chi connectivity index (χ0v) is 13.3. The minimum atomic E-state index is -0.438. The van der Waals surface area contributed by atoms with Crippen LogP contribution in [0.15, 0.2) is 22.7 Å². The van der Waals surface area contributed by atoms with Crippen molar-refractivity contribution >= 4 is 11.6 Å². The van der Waals surface area contributed by atoms with E-state index in [4.69, 9.17) is 9.26 Å². The summed E-state index contributed by atoms with van der Waals surface area (Å²) >= 11 is 0. The van der Waals surface area contributed by atoms with Crippen molar-refractivity contribution in [1.82, 2.24) is 5.16 Å². The lowest BCUT2D eigenvalue weighted by Crippen LogP contribution is -2.37. The third-order valence-corrected chi connectivity index (χ3v) is 3.81. The zero-order valence-electron chi connectivity index (χ0n) is 13.3. The Morgan fingerprint density at radius 3 is 2.73 bits per heavy atom. The van der Waals surface area contributed by atoms with Gasteiger partial charge in [0.15, 0.2) is 6.10 Å². The maximum absolute atomic E-state index is 12.1. The van der Waals surface area contributed by atoms with Crippen molar-refractivity contribution < 1.29 is 14.1 Å². The molecule has 1 aromatic carbocycles. The lowest BCUT2D eigenvalue weighted by Gasteiger charge is -2.27. The number of hydrogen-bond donors (Lipinski definition) is 1. The third kappa shape index (κ3) is 2.58. The molecule has 116 valence electrons. The lowest BCUT2D eigenvalue weighted by molar-refractivity contribution is -0.124. The molecule has 1 aliphatic rings. The van der Waals surface area contributed by atoms with Crippen LogP contribution in [0.2, 0.25) is 0 Å². The van der Waals surface area contributed by atoms with Crippen LogP contribution < -0.4 is 10.1 Å². The maximum Gasteiger partial charge on any atom is 0.265 e. The van der Waals surface area contributed by atoms with Crippen molar-refractivity contribution in [1.29, 1.82) is 0 Å². The summed E-state index contributed by atoms with van der Waals surface area (Å²) in [4.78, 5) is 12.1. The Kier molecular flexibility index (Phi) is 3.64. The molecule has 1 aliphatic heterocycles. The summed E-state index contributed by atoms with van der Waals surface area (Å²) in [7, 11) is 0. The number of ether oxygens (including phenoxy) is 1. The molecule has 1 amide bonds. The van der Waals surface area contributed by atoms with Gasteiger partial charge in [0.05, 0.1) is 11.4 Å². The highest BCUT2D eigenvalue weighted by Gasteiger charge is 2.28. The zero-order chi connectivity index (χ0) is 15.9. The van der Waals surface area contributed by atoms with Crippen LogP contribution in [0.5, 0.6) is 5.75 Å². The van der Waals surface area contributed by atoms with Crippen LogP contribution in [-0.4, -0.2) is 17.2 Å². The van der Waals surface area contributed by atoms with Gasteiger partial charge in [-0.25, -0.2) is 0 Å². The predicted molar refractivity (Wildman–Crippen MR) is 83.9 cm³/mol. The van der Waals surface area contributed by atoms with Crippen molar-refractivity contribution in [2.75, 3.05) is 5.32 Å². The quantitative estimate of drug-likeness (QED) is 0.938. The first-order valence-corrected chi connectivity index (χ1v) is 7.50. The van der Waals surface area contributed by atoms with Crippen molar-refractivity contribution in [2.45, 2.75) is 40.2 Å². The number of nitrogens with one attached hydrogen (secondary N) is 1. The summed E-state index contributed by atoms with van der Waals surface area (Å²) in [5, 5.41) is 6.90. The molecule has 22 heavy (non-hydrogen) atoms. The number of aryl methyl sites for hydroxylation is 2. The van der Waals surface area contributed by atoms with E-state index < -0.39 is 6.10 Å². The monoisotopic (exact) mass is 300 g/mol. The number of fused-ring (bicyclic) bond motifs is 1. The summed E-state index contributed by atoms with van der Waals surface area (Å²) < 4.78 is 11.1. The van der Waals surface area contributed by atoms with Crippen LogP contribution in [0.4, 0.5) is 5.69 Å². The molecule has 0 saturated carbocycles. The minimum Gasteiger partial charge on any atom is -0.478 e. The molecule has 5 heteroatoms. The number of rotatable bonds is 3. The SMILES string of the molecule is Cc1noc(C)c1-c1ccc2c(c1)OC(CC(C)C)C(=O)N2. The van der Waals surface area contributed by atoms with Gasteiger partial charge in [-0.15, -0.1) is 0 Å². The van der Waals surface area contributed by atoms with Gasteiger partial charge in [-0.05, 0) is 43.9 Å². The summed E-state index contributed by atoms with van der Waals surface area (Å²) in [5.41, 5.74) is 3.51. The van der Waals surface area contributed by atoms with Crippen molar-refractivity contribution in [3.8, 4) is 16.9 Å². The van der Waals surface area contributed by atoms with Gasteiger partial charge < -0.3 is 14.6 Å². The highest BCUT2D eigenvalue weighted by atomic mass is 16.5. The number of carbonyl (C=O) groups excluding carboxylic acids is 1. The van der Waals surface area contributed by atoms with Gasteiger partial charge in [-0.2, -0.15) is 0 Å². The summed E-state index contributed by atoms with van der Waals surface area (Å²) in [5.74, 6) is 1.79. The van der Waals surface area contributed by atoms with E-state index in [1.165, 1.54) is 0 Å². The molecule has 1 N–H and O–H groups in total. The summed E-state index contributed by atoms with van der Waals surface area (Å²) in [6.45, 7) is 7.95. The average Bonchev–Trinajstić information content (AvgIpc) is 2.78. The van der Waals surface area contributed by atoms with E-state index in [1.807, 2.05) is 32.0 Å². The van der Waals surface area contributed by atoms with Crippen LogP contribution in [-0.2, 0) is 4.79 Å². The van der Waals surface area contributed by atoms with E-state index in [2.05, 4.69) is 24.3 Å². The Balaban J connectivity index is 1.96. The average molecular weight is 300 g/mol. The van der Waals surface area contributed by atoms with Gasteiger partial charge >= 0.3 is 0 Å². The molecule has 3 rings (SSSR count). The van der Waals surface area contributed by atoms with Crippen LogP contribution in [0.3, 0.4) is 0 Å². The van der Waals surface area contributed by atoms with Gasteiger partial charge in [0.2, 0.25) is 0 Å². The molecule has 0 spiro atoms. The minimum absolute atomic E-state index is 0.0775. The smallest absolute Gasteiger partial charge is 0.265 e. The number of anilines is 1. The molecular formula is C17H20N2O3. The molecule has 2 aromatic rings. The third-order valence-electron chi connectivity index (χ3n) is 3.81. The second-order valence-electron chi connectivity index (χ2n) is 6.14. The first kappa shape index (κ1) is 14.6. The Morgan fingerprint density at radius 2 is 2.09 bits per heavy atom. The normalized spacial score (nSPS) is 17.1. The van der Waals surface area contributed by atoms with E-state index in [0.29, 0.717) is 23.8 Å². The maximum atomic E-state index is 12.1. The highest BCUT2D eigenvalue weighted by Crippen LogP contribution is 2.37. The second kappa shape index (κ2) is 5.48. The molecule has 0 fully saturated rings. The van der Waals surface area contributed by atoms with E-state index in [0.717, 1.165) is 22.6 Å². The molecule has 0 bridgehead atoms. The molecule has 5 nitrogen and oxygen atoms in total. The number of carbonyl (C=O) groups is 1. The molecule has 1 unspecified atom stereocenters. The fourth-order valence-corrected chi connectivity index (χ4v) is 2.78. The van der Waals surface area contributed by atoms with Crippen LogP contribution >= 0.6 is 0 Å². The van der Waals surface area contributed by atoms with Gasteiger partial charge in [0.1, 0.15) is 11.5 Å². The predicted octanol–water partition coefficient (Wildman–Crippen LogP) is 3.70. The fraction of sp³-hybridized carbons (Fsp3) is 0.412. The van der Waals surface area contributed by atoms with Crippen molar-refractivity contribution in [2.24, 2.45) is 5.92 Å². The second-order valence-corrected chi connectivity index (χ2v) is 6.14. The first-order chi connectivity index (χ1) is 10.5. The first-order valence-electron chi connectivity index (χ1n) is 7.50. The van der Waals surface area contributed by atoms with Crippen LogP contribution in [0.25, 0.3) is 11.1 Å². The Bertz CT molecular complexity index is 699. The summed E-state index contributed by atoms with van der Waals surface area (Å²) in [6.07, 6.45) is 0.258. The van der Waals surface area contributed by atoms with Crippen LogP contribution in [0.1, 0.15) is 31.7 Å². The fourth-order valence-electron chi connectivity index (χ4n) is 2.78. The topological polar surface area (TPSA) is 64.4 Å². The molecule has 0 aliphatic carbocycles.